The second-order valence-electron chi connectivity index (χ2n) is 5.13. The lowest BCUT2D eigenvalue weighted by Gasteiger charge is -2.28. The maximum Gasteiger partial charge on any atom is 0.237 e. The topological polar surface area (TPSA) is 75.4 Å². The van der Waals surface area contributed by atoms with E-state index in [1.165, 1.54) is 0 Å². The quantitative estimate of drug-likeness (QED) is 0.661. The van der Waals surface area contributed by atoms with Crippen molar-refractivity contribution in [1.29, 1.82) is 0 Å². The van der Waals surface area contributed by atoms with Crippen molar-refractivity contribution < 1.29 is 9.90 Å². The van der Waals surface area contributed by atoms with E-state index in [0.717, 1.165) is 25.7 Å². The van der Waals surface area contributed by atoms with Gasteiger partial charge < -0.3 is 16.2 Å². The Labute approximate surface area is 97.6 Å². The summed E-state index contributed by atoms with van der Waals surface area (Å²) in [6, 6.07) is -0.444. The number of hydrogen-bond acceptors (Lipinski definition) is 3. The fourth-order valence-electron chi connectivity index (χ4n) is 2.08. The zero-order valence-electron chi connectivity index (χ0n) is 10.3. The lowest BCUT2D eigenvalue weighted by atomic mass is 9.86. The molecule has 2 unspecified atom stereocenters. The molecule has 94 valence electrons. The minimum Gasteiger partial charge on any atom is -0.393 e. The first-order valence-electron chi connectivity index (χ1n) is 6.23. The monoisotopic (exact) mass is 228 g/mol. The molecule has 16 heavy (non-hydrogen) atoms. The summed E-state index contributed by atoms with van der Waals surface area (Å²) in [5.41, 5.74) is 5.74. The molecule has 0 radical (unpaired) electrons. The highest BCUT2D eigenvalue weighted by atomic mass is 16.3. The molecule has 0 aromatic rings. The molecule has 0 bridgehead atoms. The number of aliphatic hydroxyl groups is 1. The molecule has 0 saturated heterocycles. The first-order valence-corrected chi connectivity index (χ1v) is 6.23. The molecule has 1 aliphatic rings. The van der Waals surface area contributed by atoms with Crippen molar-refractivity contribution in [3.63, 3.8) is 0 Å². The molecule has 4 heteroatoms. The van der Waals surface area contributed by atoms with E-state index < -0.39 is 6.04 Å². The Morgan fingerprint density at radius 1 is 1.44 bits per heavy atom. The second-order valence-corrected chi connectivity index (χ2v) is 5.13. The lowest BCUT2D eigenvalue weighted by molar-refractivity contribution is -0.123. The number of aliphatic hydroxyl groups excluding tert-OH is 1. The average molecular weight is 228 g/mol. The molecule has 4 nitrogen and oxygen atoms in total. The first-order chi connectivity index (χ1) is 7.52. The second kappa shape index (κ2) is 6.21. The Balaban J connectivity index is 2.30. The maximum absolute atomic E-state index is 11.6. The number of amides is 1. The molecule has 0 heterocycles. The van der Waals surface area contributed by atoms with Crippen LogP contribution in [0.1, 0.15) is 39.5 Å². The van der Waals surface area contributed by atoms with Gasteiger partial charge in [-0.1, -0.05) is 26.7 Å². The van der Waals surface area contributed by atoms with E-state index in [1.54, 1.807) is 0 Å². The van der Waals surface area contributed by atoms with Crippen molar-refractivity contribution >= 4 is 5.91 Å². The number of nitrogens with one attached hydrogen (secondary N) is 1. The predicted octanol–water partition coefficient (Wildman–Crippen LogP) is 0.637. The maximum atomic E-state index is 11.6. The lowest BCUT2D eigenvalue weighted by Crippen LogP contribution is -2.46. The summed E-state index contributed by atoms with van der Waals surface area (Å²) in [5, 5.41) is 12.6. The summed E-state index contributed by atoms with van der Waals surface area (Å²) < 4.78 is 0. The third kappa shape index (κ3) is 3.76. The van der Waals surface area contributed by atoms with Crippen molar-refractivity contribution in [3.8, 4) is 0 Å². The molecule has 1 amide bonds. The molecule has 1 fully saturated rings. The van der Waals surface area contributed by atoms with Gasteiger partial charge in [-0.15, -0.1) is 0 Å². The van der Waals surface area contributed by atoms with Crippen molar-refractivity contribution in [2.75, 3.05) is 6.54 Å². The van der Waals surface area contributed by atoms with Crippen LogP contribution in [0.5, 0.6) is 0 Å². The summed E-state index contributed by atoms with van der Waals surface area (Å²) in [4.78, 5) is 11.6. The predicted molar refractivity (Wildman–Crippen MR) is 63.8 cm³/mol. The summed E-state index contributed by atoms with van der Waals surface area (Å²) in [6.07, 6.45) is 3.84. The number of nitrogens with two attached hydrogens (primary N) is 1. The van der Waals surface area contributed by atoms with E-state index in [1.807, 2.05) is 13.8 Å². The van der Waals surface area contributed by atoms with Crippen LogP contribution in [0.3, 0.4) is 0 Å². The Morgan fingerprint density at radius 2 is 2.06 bits per heavy atom. The van der Waals surface area contributed by atoms with Gasteiger partial charge in [0.15, 0.2) is 0 Å². The van der Waals surface area contributed by atoms with Gasteiger partial charge in [-0.05, 0) is 18.8 Å². The van der Waals surface area contributed by atoms with Gasteiger partial charge >= 0.3 is 0 Å². The van der Waals surface area contributed by atoms with Crippen LogP contribution in [0.2, 0.25) is 0 Å². The number of rotatable bonds is 4. The smallest absolute Gasteiger partial charge is 0.237 e. The molecule has 1 saturated carbocycles. The minimum atomic E-state index is -0.444. The third-order valence-corrected chi connectivity index (χ3v) is 3.43. The van der Waals surface area contributed by atoms with Crippen LogP contribution in [0.25, 0.3) is 0 Å². The van der Waals surface area contributed by atoms with E-state index in [2.05, 4.69) is 5.32 Å². The van der Waals surface area contributed by atoms with Gasteiger partial charge in [-0.2, -0.15) is 0 Å². The zero-order chi connectivity index (χ0) is 12.1. The normalized spacial score (nSPS) is 27.8. The molecule has 3 atom stereocenters. The molecular formula is C12H24N2O2. The van der Waals surface area contributed by atoms with Gasteiger partial charge in [-0.3, -0.25) is 4.79 Å². The standard InChI is InChI=1S/C12H24N2O2/c1-8(2)11(13)12(16)14-7-9-5-3-4-6-10(9)15/h8-11,15H,3-7,13H2,1-2H3,(H,14,16)/t9?,10?,11-/m1/s1. The summed E-state index contributed by atoms with van der Waals surface area (Å²) >= 11 is 0. The highest BCUT2D eigenvalue weighted by Gasteiger charge is 2.24. The van der Waals surface area contributed by atoms with Gasteiger partial charge in [0.05, 0.1) is 12.1 Å². The van der Waals surface area contributed by atoms with Crippen LogP contribution in [0.15, 0.2) is 0 Å². The van der Waals surface area contributed by atoms with E-state index in [0.29, 0.717) is 6.54 Å². The molecule has 4 N–H and O–H groups in total. The SMILES string of the molecule is CC(C)[C@@H](N)C(=O)NCC1CCCCC1O. The summed E-state index contributed by atoms with van der Waals surface area (Å²) in [7, 11) is 0. The number of hydrogen-bond donors (Lipinski definition) is 3. The van der Waals surface area contributed by atoms with Gasteiger partial charge in [0.1, 0.15) is 0 Å². The molecule has 0 aromatic heterocycles. The molecule has 1 rings (SSSR count). The van der Waals surface area contributed by atoms with E-state index in [9.17, 15) is 9.90 Å². The zero-order valence-corrected chi connectivity index (χ0v) is 10.3. The minimum absolute atomic E-state index is 0.104. The first kappa shape index (κ1) is 13.5. The molecular weight excluding hydrogens is 204 g/mol. The van der Waals surface area contributed by atoms with Gasteiger partial charge in [0.2, 0.25) is 5.91 Å². The average Bonchev–Trinajstić information content (AvgIpc) is 2.26. The highest BCUT2D eigenvalue weighted by Crippen LogP contribution is 2.23. The molecule has 1 aliphatic carbocycles. The third-order valence-electron chi connectivity index (χ3n) is 3.43. The van der Waals surface area contributed by atoms with Gasteiger partial charge in [-0.25, -0.2) is 0 Å². The van der Waals surface area contributed by atoms with Crippen LogP contribution in [-0.2, 0) is 4.79 Å². The molecule has 0 spiro atoms. The number of carbonyl (C=O) groups excluding carboxylic acids is 1. The Bertz CT molecular complexity index is 231. The van der Waals surface area contributed by atoms with E-state index in [4.69, 9.17) is 5.73 Å². The van der Waals surface area contributed by atoms with Crippen LogP contribution in [0, 0.1) is 11.8 Å². The molecule has 0 aliphatic heterocycles. The Hall–Kier alpha value is -0.610. The fourth-order valence-corrected chi connectivity index (χ4v) is 2.08. The summed E-state index contributed by atoms with van der Waals surface area (Å²) in [6.45, 7) is 4.42. The van der Waals surface area contributed by atoms with Crippen LogP contribution < -0.4 is 11.1 Å². The van der Waals surface area contributed by atoms with Crippen molar-refractivity contribution in [1.82, 2.24) is 5.32 Å². The Morgan fingerprint density at radius 3 is 2.62 bits per heavy atom. The highest BCUT2D eigenvalue weighted by molar-refractivity contribution is 5.81. The van der Waals surface area contributed by atoms with Gasteiger partial charge in [0, 0.05) is 12.5 Å². The number of carbonyl (C=O) groups is 1. The molecule has 0 aromatic carbocycles. The van der Waals surface area contributed by atoms with Gasteiger partial charge in [0.25, 0.3) is 0 Å². The van der Waals surface area contributed by atoms with Crippen molar-refractivity contribution in [3.05, 3.63) is 0 Å². The van der Waals surface area contributed by atoms with Crippen LogP contribution in [-0.4, -0.2) is 29.7 Å². The fraction of sp³-hybridized carbons (Fsp3) is 0.917. The Kier molecular flexibility index (Phi) is 5.22. The largest absolute Gasteiger partial charge is 0.393 e. The van der Waals surface area contributed by atoms with Crippen LogP contribution in [0.4, 0.5) is 0 Å². The van der Waals surface area contributed by atoms with E-state index in [-0.39, 0.29) is 23.8 Å². The van der Waals surface area contributed by atoms with Crippen LogP contribution >= 0.6 is 0 Å². The van der Waals surface area contributed by atoms with Crippen molar-refractivity contribution in [2.24, 2.45) is 17.6 Å². The van der Waals surface area contributed by atoms with E-state index >= 15 is 0 Å². The van der Waals surface area contributed by atoms with Crippen molar-refractivity contribution in [2.45, 2.75) is 51.7 Å². The summed E-state index contributed by atoms with van der Waals surface area (Å²) in [5.74, 6) is 0.251.